The first-order valence-corrected chi connectivity index (χ1v) is 8.28. The second kappa shape index (κ2) is 7.74. The normalized spacial score (nSPS) is 13.9. The molecule has 0 unspecified atom stereocenters. The third-order valence-corrected chi connectivity index (χ3v) is 4.37. The number of ether oxygens (including phenoxy) is 2. The minimum absolute atomic E-state index is 0.0466. The van der Waals surface area contributed by atoms with E-state index in [1.54, 1.807) is 44.7 Å². The van der Waals surface area contributed by atoms with Crippen LogP contribution in [0, 0.1) is 11.3 Å². The summed E-state index contributed by atoms with van der Waals surface area (Å²) in [5.41, 5.74) is 1.08. The molecule has 1 amide bonds. The number of piperazine rings is 1. The topological polar surface area (TPSA) is 78.7 Å². The van der Waals surface area contributed by atoms with Crippen molar-refractivity contribution < 1.29 is 14.3 Å². The summed E-state index contributed by atoms with van der Waals surface area (Å²) < 4.78 is 10.5. The number of methoxy groups -OCH3 is 2. The van der Waals surface area contributed by atoms with Crippen LogP contribution in [0.5, 0.6) is 11.5 Å². The van der Waals surface area contributed by atoms with Gasteiger partial charge in [-0.15, -0.1) is 0 Å². The van der Waals surface area contributed by atoms with Crippen LogP contribution in [0.3, 0.4) is 0 Å². The molecular weight excluding hydrogens is 332 g/mol. The molecule has 1 aliphatic heterocycles. The van der Waals surface area contributed by atoms with Gasteiger partial charge in [-0.05, 0) is 24.3 Å². The second-order valence-electron chi connectivity index (χ2n) is 5.90. The Kier molecular flexibility index (Phi) is 5.23. The van der Waals surface area contributed by atoms with Gasteiger partial charge in [-0.3, -0.25) is 4.79 Å². The first-order valence-electron chi connectivity index (χ1n) is 8.28. The van der Waals surface area contributed by atoms with E-state index in [0.29, 0.717) is 48.8 Å². The third kappa shape index (κ3) is 3.70. The van der Waals surface area contributed by atoms with Crippen molar-refractivity contribution >= 4 is 11.7 Å². The van der Waals surface area contributed by atoms with Gasteiger partial charge < -0.3 is 19.3 Å². The van der Waals surface area contributed by atoms with Gasteiger partial charge in [-0.2, -0.15) is 5.26 Å². The fourth-order valence-electron chi connectivity index (χ4n) is 2.89. The zero-order chi connectivity index (χ0) is 18.5. The number of amides is 1. The summed E-state index contributed by atoms with van der Waals surface area (Å²) in [4.78, 5) is 21.0. The third-order valence-electron chi connectivity index (χ3n) is 4.37. The number of rotatable bonds is 4. The predicted molar refractivity (Wildman–Crippen MR) is 96.6 cm³/mol. The number of aromatic nitrogens is 1. The first-order chi connectivity index (χ1) is 12.6. The predicted octanol–water partition coefficient (Wildman–Crippen LogP) is 1.93. The highest BCUT2D eigenvalue weighted by Crippen LogP contribution is 2.24. The van der Waals surface area contributed by atoms with Gasteiger partial charge >= 0.3 is 0 Å². The molecule has 0 bridgehead atoms. The minimum Gasteiger partial charge on any atom is -0.497 e. The van der Waals surface area contributed by atoms with Gasteiger partial charge in [-0.25, -0.2) is 4.98 Å². The van der Waals surface area contributed by atoms with E-state index in [1.807, 2.05) is 11.0 Å². The van der Waals surface area contributed by atoms with Crippen LogP contribution >= 0.6 is 0 Å². The number of carbonyl (C=O) groups is 1. The molecule has 7 nitrogen and oxygen atoms in total. The number of benzene rings is 1. The van der Waals surface area contributed by atoms with Gasteiger partial charge in [0.25, 0.3) is 5.91 Å². The Bertz CT molecular complexity index is 799. The first kappa shape index (κ1) is 17.5. The Hall–Kier alpha value is -3.27. The number of hydrogen-bond donors (Lipinski definition) is 0. The van der Waals surface area contributed by atoms with Crippen molar-refractivity contribution in [2.24, 2.45) is 0 Å². The summed E-state index contributed by atoms with van der Waals surface area (Å²) in [6.45, 7) is 2.57. The number of anilines is 1. The van der Waals surface area contributed by atoms with Crippen LogP contribution in [-0.2, 0) is 0 Å². The molecule has 7 heteroatoms. The number of nitriles is 1. The van der Waals surface area contributed by atoms with Crippen LogP contribution in [0.4, 0.5) is 5.82 Å². The molecule has 2 aromatic rings. The molecule has 1 aromatic carbocycles. The summed E-state index contributed by atoms with van der Waals surface area (Å²) in [5, 5.41) is 8.85. The highest BCUT2D eigenvalue weighted by atomic mass is 16.5. The van der Waals surface area contributed by atoms with Crippen molar-refractivity contribution in [2.45, 2.75) is 0 Å². The van der Waals surface area contributed by atoms with Gasteiger partial charge in [0.15, 0.2) is 0 Å². The largest absolute Gasteiger partial charge is 0.497 e. The fourth-order valence-corrected chi connectivity index (χ4v) is 2.89. The Morgan fingerprint density at radius 3 is 2.23 bits per heavy atom. The number of nitrogens with zero attached hydrogens (tertiary/aromatic N) is 4. The van der Waals surface area contributed by atoms with E-state index in [1.165, 1.54) is 0 Å². The van der Waals surface area contributed by atoms with Crippen LogP contribution in [-0.4, -0.2) is 56.2 Å². The van der Waals surface area contributed by atoms with Gasteiger partial charge in [0.2, 0.25) is 0 Å². The summed E-state index contributed by atoms with van der Waals surface area (Å²) in [5.74, 6) is 1.95. The Labute approximate surface area is 152 Å². The molecule has 0 saturated carbocycles. The summed E-state index contributed by atoms with van der Waals surface area (Å²) in [6, 6.07) is 10.8. The highest BCUT2D eigenvalue weighted by molar-refractivity contribution is 5.95. The molecular formula is C19H20N4O3. The number of pyridine rings is 1. The molecule has 1 saturated heterocycles. The SMILES string of the molecule is COc1cc(OC)cc(C(=O)N2CCN(c3ccc(C#N)cn3)CC2)c1. The molecule has 0 aliphatic carbocycles. The summed E-state index contributed by atoms with van der Waals surface area (Å²) in [7, 11) is 3.12. The van der Waals surface area contributed by atoms with Crippen molar-refractivity contribution in [2.75, 3.05) is 45.3 Å². The monoisotopic (exact) mass is 352 g/mol. The van der Waals surface area contributed by atoms with E-state index in [0.717, 1.165) is 5.82 Å². The van der Waals surface area contributed by atoms with Crippen LogP contribution in [0.2, 0.25) is 0 Å². The molecule has 0 atom stereocenters. The molecule has 26 heavy (non-hydrogen) atoms. The van der Waals surface area contributed by atoms with E-state index in [9.17, 15) is 4.79 Å². The molecule has 134 valence electrons. The van der Waals surface area contributed by atoms with Crippen molar-refractivity contribution in [1.82, 2.24) is 9.88 Å². The molecule has 0 spiro atoms. The maximum absolute atomic E-state index is 12.8. The smallest absolute Gasteiger partial charge is 0.254 e. The van der Waals surface area contributed by atoms with Crippen LogP contribution in [0.15, 0.2) is 36.5 Å². The zero-order valence-electron chi connectivity index (χ0n) is 14.8. The van der Waals surface area contributed by atoms with Crippen molar-refractivity contribution in [3.63, 3.8) is 0 Å². The Morgan fingerprint density at radius 1 is 1.08 bits per heavy atom. The van der Waals surface area contributed by atoms with Gasteiger partial charge in [0, 0.05) is 44.0 Å². The van der Waals surface area contributed by atoms with Gasteiger partial charge in [-0.1, -0.05) is 0 Å². The van der Waals surface area contributed by atoms with Gasteiger partial charge in [0.05, 0.1) is 19.8 Å². The van der Waals surface area contributed by atoms with Crippen LogP contribution < -0.4 is 14.4 Å². The van der Waals surface area contributed by atoms with E-state index in [4.69, 9.17) is 14.7 Å². The Morgan fingerprint density at radius 2 is 1.73 bits per heavy atom. The zero-order valence-corrected chi connectivity index (χ0v) is 14.8. The number of carbonyl (C=O) groups excluding carboxylic acids is 1. The lowest BCUT2D eigenvalue weighted by Crippen LogP contribution is -2.49. The quantitative estimate of drug-likeness (QED) is 0.837. The second-order valence-corrected chi connectivity index (χ2v) is 5.90. The Balaban J connectivity index is 1.67. The molecule has 1 aromatic heterocycles. The van der Waals surface area contributed by atoms with Gasteiger partial charge in [0.1, 0.15) is 23.4 Å². The maximum Gasteiger partial charge on any atom is 0.254 e. The molecule has 0 radical (unpaired) electrons. The van der Waals surface area contributed by atoms with E-state index in [2.05, 4.69) is 16.0 Å². The lowest BCUT2D eigenvalue weighted by Gasteiger charge is -2.35. The number of hydrogen-bond acceptors (Lipinski definition) is 6. The van der Waals surface area contributed by atoms with Crippen molar-refractivity contribution in [3.05, 3.63) is 47.7 Å². The molecule has 3 rings (SSSR count). The fraction of sp³-hybridized carbons (Fsp3) is 0.316. The lowest BCUT2D eigenvalue weighted by atomic mass is 10.1. The summed E-state index contributed by atoms with van der Waals surface area (Å²) >= 11 is 0. The van der Waals surface area contributed by atoms with Crippen LogP contribution in [0.1, 0.15) is 15.9 Å². The van der Waals surface area contributed by atoms with E-state index < -0.39 is 0 Å². The maximum atomic E-state index is 12.8. The summed E-state index contributed by atoms with van der Waals surface area (Å²) in [6.07, 6.45) is 1.56. The molecule has 1 aliphatic rings. The minimum atomic E-state index is -0.0466. The average Bonchev–Trinajstić information content (AvgIpc) is 2.73. The lowest BCUT2D eigenvalue weighted by molar-refractivity contribution is 0.0745. The average molecular weight is 352 g/mol. The highest BCUT2D eigenvalue weighted by Gasteiger charge is 2.23. The molecule has 2 heterocycles. The van der Waals surface area contributed by atoms with E-state index >= 15 is 0 Å². The van der Waals surface area contributed by atoms with Crippen molar-refractivity contribution in [3.8, 4) is 17.6 Å². The van der Waals surface area contributed by atoms with Crippen molar-refractivity contribution in [1.29, 1.82) is 5.26 Å². The standard InChI is InChI=1S/C19H20N4O3/c1-25-16-9-15(10-17(11-16)26-2)19(24)23-7-5-22(6-8-23)18-4-3-14(12-20)13-21-18/h3-4,9-11,13H,5-8H2,1-2H3. The van der Waals surface area contributed by atoms with E-state index in [-0.39, 0.29) is 5.91 Å². The van der Waals surface area contributed by atoms with Crippen LogP contribution in [0.25, 0.3) is 0 Å². The molecule has 0 N–H and O–H groups in total. The molecule has 1 fully saturated rings.